The predicted octanol–water partition coefficient (Wildman–Crippen LogP) is 3.83. The van der Waals surface area contributed by atoms with Crippen molar-refractivity contribution in [3.8, 4) is 17.2 Å². The predicted molar refractivity (Wildman–Crippen MR) is 128 cm³/mol. The fourth-order valence-corrected chi connectivity index (χ4v) is 4.56. The molecule has 1 heterocycles. The molecule has 0 radical (unpaired) electrons. The van der Waals surface area contributed by atoms with Crippen LogP contribution in [0.5, 0.6) is 17.2 Å². The normalized spacial score (nSPS) is 11.8. The van der Waals surface area contributed by atoms with Gasteiger partial charge in [-0.15, -0.1) is 11.3 Å². The number of ether oxygens (including phenoxy) is 2. The second-order valence-corrected chi connectivity index (χ2v) is 8.96. The molecule has 166 valence electrons. The minimum atomic E-state index is -1.03. The number of aliphatic hydroxyl groups is 2. The molecule has 0 aliphatic heterocycles. The van der Waals surface area contributed by atoms with Gasteiger partial charge < -0.3 is 25.4 Å². The number of hydrogen-bond donors (Lipinski definition) is 3. The lowest BCUT2D eigenvalue weighted by Gasteiger charge is -2.24. The standard InChI is InChI=1S/C25H25NO5S/c1-30-17-3-5-18(6-4-17)31-19-7-8-20-23(13-19)32-22-9-2-16(12-21(22)24(20)29)10-11-25(26,14-27)15-28/h2-9,12-13,27-28H,10-11,14-15,26H2,1H3. The molecule has 0 bridgehead atoms. The van der Waals surface area contributed by atoms with Crippen LogP contribution in [0.4, 0.5) is 0 Å². The van der Waals surface area contributed by atoms with E-state index in [1.165, 1.54) is 11.3 Å². The van der Waals surface area contributed by atoms with Gasteiger partial charge in [0.2, 0.25) is 0 Å². The summed E-state index contributed by atoms with van der Waals surface area (Å²) >= 11 is 1.53. The van der Waals surface area contributed by atoms with Crippen molar-refractivity contribution in [2.75, 3.05) is 20.3 Å². The van der Waals surface area contributed by atoms with E-state index in [4.69, 9.17) is 15.2 Å². The average molecular weight is 452 g/mol. The van der Waals surface area contributed by atoms with Crippen molar-refractivity contribution in [1.82, 2.24) is 0 Å². The highest BCUT2D eigenvalue weighted by Crippen LogP contribution is 2.31. The Bertz CT molecular complexity index is 1300. The molecule has 0 saturated heterocycles. The van der Waals surface area contributed by atoms with Crippen molar-refractivity contribution >= 4 is 31.5 Å². The van der Waals surface area contributed by atoms with Crippen LogP contribution in [0.2, 0.25) is 0 Å². The molecule has 0 aliphatic carbocycles. The topological polar surface area (TPSA) is 102 Å². The molecule has 0 saturated carbocycles. The quantitative estimate of drug-likeness (QED) is 0.352. The van der Waals surface area contributed by atoms with E-state index in [-0.39, 0.29) is 18.6 Å². The fraction of sp³-hybridized carbons (Fsp3) is 0.240. The summed E-state index contributed by atoms with van der Waals surface area (Å²) in [6.45, 7) is -0.588. The second kappa shape index (κ2) is 9.26. The Balaban J connectivity index is 1.63. The van der Waals surface area contributed by atoms with E-state index in [2.05, 4.69) is 0 Å². The van der Waals surface area contributed by atoms with Gasteiger partial charge in [0.25, 0.3) is 0 Å². The zero-order valence-electron chi connectivity index (χ0n) is 17.7. The Labute approximate surface area is 189 Å². The molecular weight excluding hydrogens is 426 g/mol. The van der Waals surface area contributed by atoms with Gasteiger partial charge in [-0.05, 0) is 73.0 Å². The van der Waals surface area contributed by atoms with Crippen LogP contribution in [-0.2, 0) is 6.42 Å². The Morgan fingerprint density at radius 1 is 0.875 bits per heavy atom. The van der Waals surface area contributed by atoms with Crippen LogP contribution in [-0.4, -0.2) is 36.1 Å². The number of aryl methyl sites for hydroxylation is 1. The number of nitrogens with two attached hydrogens (primary N) is 1. The molecule has 7 heteroatoms. The molecule has 0 atom stereocenters. The van der Waals surface area contributed by atoms with Gasteiger partial charge in [-0.2, -0.15) is 0 Å². The second-order valence-electron chi connectivity index (χ2n) is 7.88. The lowest BCUT2D eigenvalue weighted by atomic mass is 9.93. The summed E-state index contributed by atoms with van der Waals surface area (Å²) in [4.78, 5) is 13.1. The molecular formula is C25H25NO5S. The van der Waals surface area contributed by atoms with Crippen molar-refractivity contribution in [2.24, 2.45) is 5.73 Å². The van der Waals surface area contributed by atoms with Gasteiger partial charge in [0, 0.05) is 20.2 Å². The van der Waals surface area contributed by atoms with Crippen LogP contribution in [0.3, 0.4) is 0 Å². The summed E-state index contributed by atoms with van der Waals surface area (Å²) in [5.74, 6) is 2.09. The molecule has 4 N–H and O–H groups in total. The van der Waals surface area contributed by atoms with Crippen molar-refractivity contribution in [2.45, 2.75) is 18.4 Å². The molecule has 0 amide bonds. The number of aliphatic hydroxyl groups excluding tert-OH is 2. The molecule has 1 aromatic heterocycles. The molecule has 0 unspecified atom stereocenters. The van der Waals surface area contributed by atoms with E-state index in [0.717, 1.165) is 20.7 Å². The van der Waals surface area contributed by atoms with Gasteiger partial charge in [-0.25, -0.2) is 0 Å². The summed E-state index contributed by atoms with van der Waals surface area (Å²) in [6.07, 6.45) is 0.979. The van der Waals surface area contributed by atoms with Gasteiger partial charge in [0.15, 0.2) is 5.43 Å². The third-order valence-electron chi connectivity index (χ3n) is 5.54. The van der Waals surface area contributed by atoms with E-state index in [9.17, 15) is 15.0 Å². The summed E-state index contributed by atoms with van der Waals surface area (Å²) in [5, 5.41) is 20.1. The number of rotatable bonds is 8. The van der Waals surface area contributed by atoms with E-state index in [1.807, 2.05) is 48.5 Å². The zero-order valence-corrected chi connectivity index (χ0v) is 18.5. The maximum Gasteiger partial charge on any atom is 0.195 e. The maximum absolute atomic E-state index is 13.1. The van der Waals surface area contributed by atoms with Gasteiger partial charge in [-0.1, -0.05) is 6.07 Å². The first-order valence-corrected chi connectivity index (χ1v) is 11.1. The monoisotopic (exact) mass is 451 g/mol. The molecule has 4 aromatic rings. The third-order valence-corrected chi connectivity index (χ3v) is 6.68. The molecule has 0 aliphatic rings. The van der Waals surface area contributed by atoms with E-state index < -0.39 is 5.54 Å². The molecule has 6 nitrogen and oxygen atoms in total. The number of hydrogen-bond acceptors (Lipinski definition) is 7. The first kappa shape index (κ1) is 22.2. The van der Waals surface area contributed by atoms with Crippen LogP contribution in [0.1, 0.15) is 12.0 Å². The minimum absolute atomic E-state index is 0.0325. The number of benzene rings is 3. The van der Waals surface area contributed by atoms with E-state index in [0.29, 0.717) is 35.1 Å². The molecule has 3 aromatic carbocycles. The van der Waals surface area contributed by atoms with E-state index >= 15 is 0 Å². The first-order chi connectivity index (χ1) is 15.4. The maximum atomic E-state index is 13.1. The molecule has 0 fully saturated rings. The van der Waals surface area contributed by atoms with Crippen molar-refractivity contribution in [3.05, 3.63) is 76.5 Å². The van der Waals surface area contributed by atoms with Gasteiger partial charge in [0.05, 0.1) is 25.9 Å². The fourth-order valence-electron chi connectivity index (χ4n) is 3.48. The van der Waals surface area contributed by atoms with E-state index in [1.54, 1.807) is 19.2 Å². The largest absolute Gasteiger partial charge is 0.497 e. The SMILES string of the molecule is COc1ccc(Oc2ccc3c(=O)c4cc(CCC(N)(CO)CO)ccc4sc3c2)cc1. The third kappa shape index (κ3) is 4.61. The molecule has 4 rings (SSSR count). The van der Waals surface area contributed by atoms with Crippen LogP contribution in [0, 0.1) is 0 Å². The summed E-state index contributed by atoms with van der Waals surface area (Å²) < 4.78 is 12.8. The highest BCUT2D eigenvalue weighted by Gasteiger charge is 2.22. The van der Waals surface area contributed by atoms with Gasteiger partial charge in [-0.3, -0.25) is 4.79 Å². The molecule has 0 spiro atoms. The Morgan fingerprint density at radius 3 is 2.25 bits per heavy atom. The van der Waals surface area contributed by atoms with Crippen molar-refractivity contribution < 1.29 is 19.7 Å². The average Bonchev–Trinajstić information content (AvgIpc) is 2.83. The summed E-state index contributed by atoms with van der Waals surface area (Å²) in [6, 6.07) is 18.6. The molecule has 32 heavy (non-hydrogen) atoms. The van der Waals surface area contributed by atoms with Crippen LogP contribution in [0.15, 0.2) is 65.5 Å². The number of methoxy groups -OCH3 is 1. The van der Waals surface area contributed by atoms with Crippen LogP contribution < -0.4 is 20.6 Å². The van der Waals surface area contributed by atoms with Gasteiger partial charge in [0.1, 0.15) is 17.2 Å². The van der Waals surface area contributed by atoms with Crippen molar-refractivity contribution in [1.29, 1.82) is 0 Å². The summed E-state index contributed by atoms with van der Waals surface area (Å²) in [5.41, 5.74) is 5.85. The van der Waals surface area contributed by atoms with Gasteiger partial charge >= 0.3 is 0 Å². The smallest absolute Gasteiger partial charge is 0.195 e. The van der Waals surface area contributed by atoms with Crippen LogP contribution in [0.25, 0.3) is 20.2 Å². The lowest BCUT2D eigenvalue weighted by Crippen LogP contribution is -2.47. The van der Waals surface area contributed by atoms with Crippen LogP contribution >= 0.6 is 11.3 Å². The highest BCUT2D eigenvalue weighted by atomic mass is 32.1. The van der Waals surface area contributed by atoms with Crippen molar-refractivity contribution in [3.63, 3.8) is 0 Å². The highest BCUT2D eigenvalue weighted by molar-refractivity contribution is 7.24. The Kier molecular flexibility index (Phi) is 6.43. The lowest BCUT2D eigenvalue weighted by molar-refractivity contribution is 0.115. The summed E-state index contributed by atoms with van der Waals surface area (Å²) in [7, 11) is 1.62. The minimum Gasteiger partial charge on any atom is -0.497 e. The number of fused-ring (bicyclic) bond motifs is 2. The Hall–Kier alpha value is -2.97. The zero-order chi connectivity index (χ0) is 22.7. The Morgan fingerprint density at radius 2 is 1.56 bits per heavy atom. The first-order valence-electron chi connectivity index (χ1n) is 10.3.